The maximum Gasteiger partial charge on any atom is 0.311 e. The molecule has 1 aromatic carbocycles. The van der Waals surface area contributed by atoms with Gasteiger partial charge in [0.15, 0.2) is 0 Å². The van der Waals surface area contributed by atoms with Crippen LogP contribution in [0.2, 0.25) is 0 Å². The fraction of sp³-hybridized carbons (Fsp3) is 0.613. The molecule has 1 N–H and O–H groups in total. The van der Waals surface area contributed by atoms with Crippen LogP contribution >= 0.6 is 0 Å². The summed E-state index contributed by atoms with van der Waals surface area (Å²) in [4.78, 5) is 16.6. The van der Waals surface area contributed by atoms with Crippen LogP contribution in [0.15, 0.2) is 47.1 Å². The highest BCUT2D eigenvalue weighted by atomic mass is 16.5. The zero-order valence-corrected chi connectivity index (χ0v) is 24.1. The van der Waals surface area contributed by atoms with Gasteiger partial charge < -0.3 is 33.2 Å². The highest BCUT2D eigenvalue weighted by Crippen LogP contribution is 2.36. The molecular weight excluding hydrogens is 514 g/mol. The van der Waals surface area contributed by atoms with Gasteiger partial charge in [0, 0.05) is 19.3 Å². The molecule has 2 fully saturated rings. The third kappa shape index (κ3) is 8.89. The van der Waals surface area contributed by atoms with E-state index in [9.17, 15) is 9.90 Å². The van der Waals surface area contributed by atoms with Gasteiger partial charge in [-0.25, -0.2) is 4.98 Å². The maximum absolute atomic E-state index is 12.1. The van der Waals surface area contributed by atoms with Crippen molar-refractivity contribution in [2.45, 2.75) is 103 Å². The van der Waals surface area contributed by atoms with Gasteiger partial charge in [0.25, 0.3) is 0 Å². The number of nitrogens with zero attached hydrogens (tertiary/aromatic N) is 1. The lowest BCUT2D eigenvalue weighted by molar-refractivity contribution is -0.155. The molecule has 0 radical (unpaired) electrons. The first-order valence-electron chi connectivity index (χ1n) is 14.1. The van der Waals surface area contributed by atoms with E-state index >= 15 is 0 Å². The third-order valence-corrected chi connectivity index (χ3v) is 7.16. The summed E-state index contributed by atoms with van der Waals surface area (Å²) >= 11 is 0. The minimum atomic E-state index is -0.524. The fourth-order valence-electron chi connectivity index (χ4n) is 5.05. The van der Waals surface area contributed by atoms with Crippen molar-refractivity contribution in [2.24, 2.45) is 5.41 Å². The van der Waals surface area contributed by atoms with Gasteiger partial charge in [-0.15, -0.1) is 0 Å². The Labute approximate surface area is 236 Å². The lowest BCUT2D eigenvalue weighted by atomic mass is 9.91. The Kier molecular flexibility index (Phi) is 10.4. The predicted octanol–water partition coefficient (Wildman–Crippen LogP) is 5.45. The Morgan fingerprint density at radius 3 is 2.55 bits per heavy atom. The lowest BCUT2D eigenvalue weighted by Crippen LogP contribution is -2.37. The number of hydrogen-bond acceptors (Lipinski definition) is 9. The van der Waals surface area contributed by atoms with E-state index in [1.807, 2.05) is 45.0 Å². The number of carbonyl (C=O) groups is 1. The number of methoxy groups -OCH3 is 1. The van der Waals surface area contributed by atoms with Gasteiger partial charge >= 0.3 is 5.97 Å². The number of aliphatic hydroxyl groups excluding tert-OH is 1. The van der Waals surface area contributed by atoms with Crippen LogP contribution in [-0.2, 0) is 37.0 Å². The Bertz CT molecular complexity index is 1110. The quantitative estimate of drug-likeness (QED) is 0.285. The molecule has 2 aliphatic heterocycles. The Balaban J connectivity index is 1.25. The van der Waals surface area contributed by atoms with Crippen LogP contribution in [0.1, 0.15) is 82.5 Å². The number of aromatic nitrogens is 1. The van der Waals surface area contributed by atoms with Gasteiger partial charge in [-0.05, 0) is 57.7 Å². The van der Waals surface area contributed by atoms with Crippen molar-refractivity contribution in [1.29, 1.82) is 0 Å². The fourth-order valence-corrected chi connectivity index (χ4v) is 5.05. The van der Waals surface area contributed by atoms with Crippen LogP contribution in [0.5, 0.6) is 5.75 Å². The second-order valence-corrected chi connectivity index (χ2v) is 11.8. The molecule has 3 heterocycles. The SMILES string of the molecule is C=C1C[C@H](C[C@@H]2C[C@@H](O)C[C@H](c3coc(COCc4ccc(OC)cc4)n3)O2)O[C@@H](CCOC(=O)C(C)(C)C)C1. The van der Waals surface area contributed by atoms with Crippen molar-refractivity contribution in [3.8, 4) is 5.75 Å². The molecule has 0 saturated carbocycles. The highest BCUT2D eigenvalue weighted by Gasteiger charge is 2.35. The van der Waals surface area contributed by atoms with Crippen molar-refractivity contribution >= 4 is 5.97 Å². The maximum atomic E-state index is 12.1. The highest BCUT2D eigenvalue weighted by molar-refractivity contribution is 5.75. The normalized spacial score (nSPS) is 25.5. The number of aliphatic hydroxyl groups is 1. The number of carbonyl (C=O) groups excluding carboxylic acids is 1. The summed E-state index contributed by atoms with van der Waals surface area (Å²) in [6, 6.07) is 7.69. The molecule has 220 valence electrons. The topological polar surface area (TPSA) is 109 Å². The van der Waals surface area contributed by atoms with Crippen LogP contribution in [0.4, 0.5) is 0 Å². The number of esters is 1. The smallest absolute Gasteiger partial charge is 0.311 e. The van der Waals surface area contributed by atoms with Crippen LogP contribution in [0.25, 0.3) is 0 Å². The molecule has 2 saturated heterocycles. The van der Waals surface area contributed by atoms with Gasteiger partial charge in [-0.3, -0.25) is 4.79 Å². The molecule has 40 heavy (non-hydrogen) atoms. The summed E-state index contributed by atoms with van der Waals surface area (Å²) in [5.41, 5.74) is 2.27. The number of hydrogen-bond donors (Lipinski definition) is 1. The minimum Gasteiger partial charge on any atom is -0.497 e. The van der Waals surface area contributed by atoms with E-state index in [4.69, 9.17) is 28.1 Å². The van der Waals surface area contributed by atoms with Gasteiger partial charge in [0.2, 0.25) is 5.89 Å². The van der Waals surface area contributed by atoms with E-state index in [1.54, 1.807) is 13.4 Å². The van der Waals surface area contributed by atoms with Crippen LogP contribution < -0.4 is 4.74 Å². The molecular formula is C31H43NO8. The summed E-state index contributed by atoms with van der Waals surface area (Å²) in [6.07, 6.45) is 4.15. The van der Waals surface area contributed by atoms with E-state index < -0.39 is 11.5 Å². The molecule has 0 amide bonds. The molecule has 1 aromatic heterocycles. The first-order valence-corrected chi connectivity index (χ1v) is 14.1. The molecule has 2 aromatic rings. The second-order valence-electron chi connectivity index (χ2n) is 11.8. The van der Waals surface area contributed by atoms with E-state index in [0.29, 0.717) is 50.5 Å². The molecule has 9 heteroatoms. The van der Waals surface area contributed by atoms with E-state index in [-0.39, 0.29) is 37.0 Å². The largest absolute Gasteiger partial charge is 0.497 e. The lowest BCUT2D eigenvalue weighted by Gasteiger charge is -2.37. The summed E-state index contributed by atoms with van der Waals surface area (Å²) in [6.45, 7) is 10.7. The first-order chi connectivity index (χ1) is 19.1. The molecule has 5 atom stereocenters. The van der Waals surface area contributed by atoms with E-state index in [2.05, 4.69) is 11.6 Å². The molecule has 2 aliphatic rings. The molecule has 0 bridgehead atoms. The van der Waals surface area contributed by atoms with Crippen molar-refractivity contribution in [3.63, 3.8) is 0 Å². The van der Waals surface area contributed by atoms with Crippen LogP contribution in [-0.4, -0.2) is 54.2 Å². The minimum absolute atomic E-state index is 0.0562. The number of rotatable bonds is 11. The Morgan fingerprint density at radius 1 is 1.07 bits per heavy atom. The molecule has 9 nitrogen and oxygen atoms in total. The predicted molar refractivity (Wildman–Crippen MR) is 148 cm³/mol. The standard InChI is InChI=1S/C31H43NO8/c1-20-12-24(10-11-37-30(34)31(2,3)4)39-25(13-20)16-26-14-22(33)15-28(40-26)27-18-38-29(32-27)19-36-17-21-6-8-23(35-5)9-7-21/h6-9,18,22,24-26,28,33H,1,10-17,19H2,2-5H3/t22-,24+,25-,26+,28-/m1/s1. The second kappa shape index (κ2) is 13.8. The van der Waals surface area contributed by atoms with Gasteiger partial charge in [-0.1, -0.05) is 24.3 Å². The summed E-state index contributed by atoms with van der Waals surface area (Å²) in [5.74, 6) is 1.05. The summed E-state index contributed by atoms with van der Waals surface area (Å²) in [7, 11) is 1.64. The molecule has 0 spiro atoms. The van der Waals surface area contributed by atoms with E-state index in [1.165, 1.54) is 0 Å². The Morgan fingerprint density at radius 2 is 1.82 bits per heavy atom. The number of ether oxygens (including phenoxy) is 5. The molecule has 0 unspecified atom stereocenters. The number of oxazole rings is 1. The van der Waals surface area contributed by atoms with E-state index in [0.717, 1.165) is 29.7 Å². The van der Waals surface area contributed by atoms with Crippen LogP contribution in [0.3, 0.4) is 0 Å². The van der Waals surface area contributed by atoms with Crippen molar-refractivity contribution < 1.29 is 38.0 Å². The monoisotopic (exact) mass is 557 g/mol. The molecule has 4 rings (SSSR count). The van der Waals surface area contributed by atoms with Gasteiger partial charge in [0.1, 0.15) is 30.4 Å². The zero-order valence-electron chi connectivity index (χ0n) is 24.1. The Hall–Kier alpha value is -2.72. The summed E-state index contributed by atoms with van der Waals surface area (Å²) in [5, 5.41) is 10.6. The van der Waals surface area contributed by atoms with Crippen LogP contribution in [0, 0.1) is 5.41 Å². The van der Waals surface area contributed by atoms with Gasteiger partial charge in [0.05, 0.1) is 50.2 Å². The van der Waals surface area contributed by atoms with Crippen molar-refractivity contribution in [1.82, 2.24) is 4.98 Å². The number of benzene rings is 1. The van der Waals surface area contributed by atoms with Gasteiger partial charge in [-0.2, -0.15) is 0 Å². The van der Waals surface area contributed by atoms with Crippen molar-refractivity contribution in [2.75, 3.05) is 13.7 Å². The average molecular weight is 558 g/mol. The van der Waals surface area contributed by atoms with Crippen molar-refractivity contribution in [3.05, 3.63) is 59.8 Å². The summed E-state index contributed by atoms with van der Waals surface area (Å²) < 4.78 is 34.7. The molecule has 0 aliphatic carbocycles. The first kappa shape index (κ1) is 30.2. The zero-order chi connectivity index (χ0) is 28.7. The average Bonchev–Trinajstić information content (AvgIpc) is 3.37. The third-order valence-electron chi connectivity index (χ3n) is 7.16.